The van der Waals surface area contributed by atoms with Crippen molar-refractivity contribution in [2.45, 2.75) is 54.9 Å². The van der Waals surface area contributed by atoms with Crippen LogP contribution in [0.2, 0.25) is 0 Å². The molecule has 1 aliphatic rings. The molecule has 5 atom stereocenters. The summed E-state index contributed by atoms with van der Waals surface area (Å²) >= 11 is 0. The van der Waals surface area contributed by atoms with E-state index in [-0.39, 0.29) is 0 Å². The maximum Gasteiger partial charge on any atom is -0.0337 e. The molecule has 0 aromatic carbocycles. The Hall–Kier alpha value is 0. The Morgan fingerprint density at radius 2 is 1.47 bits per heavy atom. The number of hydrogen-bond donors (Lipinski definition) is 0. The van der Waals surface area contributed by atoms with Gasteiger partial charge in [-0.2, -0.15) is 0 Å². The van der Waals surface area contributed by atoms with E-state index in [1.165, 1.54) is 6.42 Å². The van der Waals surface area contributed by atoms with Gasteiger partial charge in [-0.15, -0.1) is 0 Å². The lowest BCUT2D eigenvalue weighted by molar-refractivity contribution is 0.185. The Morgan fingerprint density at radius 3 is 1.80 bits per heavy atom. The second-order valence-corrected chi connectivity index (χ2v) is 6.66. The Labute approximate surface area is 96.8 Å². The van der Waals surface area contributed by atoms with Gasteiger partial charge in [-0.05, 0) is 47.8 Å². The molecule has 0 amide bonds. The molecule has 90 valence electrons. The van der Waals surface area contributed by atoms with Crippen LogP contribution in [0, 0.1) is 41.4 Å². The van der Waals surface area contributed by atoms with Crippen LogP contribution >= 0.6 is 0 Å². The molecule has 1 saturated carbocycles. The molecular weight excluding hydrogens is 180 g/mol. The minimum atomic E-state index is 0.843. The van der Waals surface area contributed by atoms with E-state index < -0.39 is 0 Å². The van der Waals surface area contributed by atoms with Crippen LogP contribution in [0.3, 0.4) is 0 Å². The van der Waals surface area contributed by atoms with Crippen molar-refractivity contribution in [1.29, 1.82) is 0 Å². The van der Waals surface area contributed by atoms with Crippen LogP contribution in [0.5, 0.6) is 0 Å². The van der Waals surface area contributed by atoms with Gasteiger partial charge in [0.05, 0.1) is 0 Å². The SMILES string of the molecule is CC(C)C(C)C1CC(C)C(C(C)C)C1C. The second kappa shape index (κ2) is 4.89. The molecule has 0 saturated heterocycles. The van der Waals surface area contributed by atoms with Crippen molar-refractivity contribution in [3.8, 4) is 0 Å². The first-order valence-electron chi connectivity index (χ1n) is 6.86. The summed E-state index contributed by atoms with van der Waals surface area (Å²) in [5.41, 5.74) is 0. The topological polar surface area (TPSA) is 0 Å². The first-order chi connectivity index (χ1) is 6.86. The quantitative estimate of drug-likeness (QED) is 0.625. The fourth-order valence-corrected chi connectivity index (χ4v) is 4.06. The molecule has 0 aliphatic heterocycles. The summed E-state index contributed by atoms with van der Waals surface area (Å²) in [7, 11) is 0. The lowest BCUT2D eigenvalue weighted by Crippen LogP contribution is -2.24. The lowest BCUT2D eigenvalue weighted by atomic mass is 9.75. The molecule has 0 aromatic heterocycles. The summed E-state index contributed by atoms with van der Waals surface area (Å²) < 4.78 is 0. The molecular formula is C15H30. The molecule has 0 aromatic rings. The highest BCUT2D eigenvalue weighted by molar-refractivity contribution is 4.90. The molecule has 1 aliphatic carbocycles. The van der Waals surface area contributed by atoms with Crippen molar-refractivity contribution in [1.82, 2.24) is 0 Å². The normalized spacial score (nSPS) is 39.0. The van der Waals surface area contributed by atoms with Gasteiger partial charge < -0.3 is 0 Å². The van der Waals surface area contributed by atoms with E-state index in [0.717, 1.165) is 41.4 Å². The second-order valence-electron chi connectivity index (χ2n) is 6.66. The van der Waals surface area contributed by atoms with Crippen molar-refractivity contribution in [2.24, 2.45) is 41.4 Å². The van der Waals surface area contributed by atoms with Crippen LogP contribution in [-0.2, 0) is 0 Å². The summed E-state index contributed by atoms with van der Waals surface area (Å²) in [6.45, 7) is 17.0. The van der Waals surface area contributed by atoms with Crippen LogP contribution in [-0.4, -0.2) is 0 Å². The summed E-state index contributed by atoms with van der Waals surface area (Å²) in [5.74, 6) is 6.38. The molecule has 0 radical (unpaired) electrons. The highest BCUT2D eigenvalue weighted by Crippen LogP contribution is 2.49. The molecule has 1 rings (SSSR count). The zero-order valence-corrected chi connectivity index (χ0v) is 11.7. The third-order valence-electron chi connectivity index (χ3n) is 5.08. The van der Waals surface area contributed by atoms with Gasteiger partial charge in [0.2, 0.25) is 0 Å². The summed E-state index contributed by atoms with van der Waals surface area (Å²) in [4.78, 5) is 0. The van der Waals surface area contributed by atoms with Crippen LogP contribution < -0.4 is 0 Å². The zero-order valence-electron chi connectivity index (χ0n) is 11.7. The Bertz CT molecular complexity index is 192. The van der Waals surface area contributed by atoms with Gasteiger partial charge in [0.25, 0.3) is 0 Å². The average Bonchev–Trinajstić information content (AvgIpc) is 2.40. The molecule has 0 spiro atoms. The van der Waals surface area contributed by atoms with Crippen LogP contribution in [0.4, 0.5) is 0 Å². The molecule has 5 unspecified atom stereocenters. The fraction of sp³-hybridized carbons (Fsp3) is 1.00. The molecule has 0 N–H and O–H groups in total. The molecule has 15 heavy (non-hydrogen) atoms. The maximum atomic E-state index is 2.50. The fourth-order valence-electron chi connectivity index (χ4n) is 4.06. The smallest absolute Gasteiger partial charge is 0.0337 e. The highest BCUT2D eigenvalue weighted by Gasteiger charge is 2.42. The monoisotopic (exact) mass is 210 g/mol. The molecule has 0 bridgehead atoms. The minimum absolute atomic E-state index is 0.843. The van der Waals surface area contributed by atoms with E-state index in [2.05, 4.69) is 48.5 Å². The molecule has 0 heteroatoms. The van der Waals surface area contributed by atoms with Gasteiger partial charge in [-0.3, -0.25) is 0 Å². The average molecular weight is 210 g/mol. The third kappa shape index (κ3) is 2.57. The summed E-state index contributed by atoms with van der Waals surface area (Å²) in [5, 5.41) is 0. The van der Waals surface area contributed by atoms with E-state index in [1.54, 1.807) is 0 Å². The van der Waals surface area contributed by atoms with Crippen molar-refractivity contribution < 1.29 is 0 Å². The van der Waals surface area contributed by atoms with E-state index in [1.807, 2.05) is 0 Å². The number of rotatable bonds is 3. The highest BCUT2D eigenvalue weighted by atomic mass is 14.5. The molecule has 0 heterocycles. The maximum absolute atomic E-state index is 2.50. The van der Waals surface area contributed by atoms with Gasteiger partial charge in [0.15, 0.2) is 0 Å². The predicted molar refractivity (Wildman–Crippen MR) is 68.8 cm³/mol. The molecule has 1 fully saturated rings. The van der Waals surface area contributed by atoms with E-state index >= 15 is 0 Å². The zero-order chi connectivity index (χ0) is 11.7. The standard InChI is InChI=1S/C15H30/c1-9(2)12(6)14-8-11(5)15(10(3)4)13(14)7/h9-15H,8H2,1-7H3. The van der Waals surface area contributed by atoms with Crippen molar-refractivity contribution >= 4 is 0 Å². The minimum Gasteiger partial charge on any atom is -0.0625 e. The Kier molecular flexibility index (Phi) is 4.26. The Balaban J connectivity index is 2.72. The first-order valence-corrected chi connectivity index (χ1v) is 6.86. The van der Waals surface area contributed by atoms with Crippen molar-refractivity contribution in [2.75, 3.05) is 0 Å². The summed E-state index contributed by atoms with van der Waals surface area (Å²) in [6, 6.07) is 0. The van der Waals surface area contributed by atoms with Gasteiger partial charge in [-0.25, -0.2) is 0 Å². The van der Waals surface area contributed by atoms with E-state index in [4.69, 9.17) is 0 Å². The summed E-state index contributed by atoms with van der Waals surface area (Å²) in [6.07, 6.45) is 1.46. The lowest BCUT2D eigenvalue weighted by Gasteiger charge is -2.30. The van der Waals surface area contributed by atoms with Gasteiger partial charge in [0.1, 0.15) is 0 Å². The predicted octanol–water partition coefficient (Wildman–Crippen LogP) is 4.84. The van der Waals surface area contributed by atoms with Crippen LogP contribution in [0.15, 0.2) is 0 Å². The van der Waals surface area contributed by atoms with Gasteiger partial charge >= 0.3 is 0 Å². The van der Waals surface area contributed by atoms with Crippen LogP contribution in [0.1, 0.15) is 54.9 Å². The third-order valence-corrected chi connectivity index (χ3v) is 5.08. The van der Waals surface area contributed by atoms with Crippen LogP contribution in [0.25, 0.3) is 0 Å². The van der Waals surface area contributed by atoms with Crippen molar-refractivity contribution in [3.05, 3.63) is 0 Å². The molecule has 0 nitrogen and oxygen atoms in total. The first kappa shape index (κ1) is 13.1. The van der Waals surface area contributed by atoms with E-state index in [9.17, 15) is 0 Å². The van der Waals surface area contributed by atoms with Crippen molar-refractivity contribution in [3.63, 3.8) is 0 Å². The number of hydrogen-bond acceptors (Lipinski definition) is 0. The van der Waals surface area contributed by atoms with E-state index in [0.29, 0.717) is 0 Å². The van der Waals surface area contributed by atoms with Gasteiger partial charge in [-0.1, -0.05) is 48.5 Å². The largest absolute Gasteiger partial charge is 0.0625 e. The van der Waals surface area contributed by atoms with Gasteiger partial charge in [0, 0.05) is 0 Å². The Morgan fingerprint density at radius 1 is 0.933 bits per heavy atom.